The number of imide groups is 1. The molecule has 0 bridgehead atoms. The molecule has 1 aromatic rings. The van der Waals surface area contributed by atoms with Crippen LogP contribution in [-0.2, 0) is 16.0 Å². The van der Waals surface area contributed by atoms with E-state index in [-0.39, 0.29) is 37.4 Å². The number of rotatable bonds is 4. The number of carbonyl (C=O) groups excluding carboxylic acids is 2. The van der Waals surface area contributed by atoms with Gasteiger partial charge in [-0.3, -0.25) is 14.5 Å². The summed E-state index contributed by atoms with van der Waals surface area (Å²) in [6, 6.07) is 9.94. The molecule has 21 heavy (non-hydrogen) atoms. The first kappa shape index (κ1) is 15.0. The Bertz CT molecular complexity index is 556. The zero-order valence-electron chi connectivity index (χ0n) is 12.4. The molecule has 1 saturated heterocycles. The summed E-state index contributed by atoms with van der Waals surface area (Å²) in [5.41, 5.74) is 2.10. The van der Waals surface area contributed by atoms with E-state index in [9.17, 15) is 9.59 Å². The molecule has 0 N–H and O–H groups in total. The molecule has 0 saturated carbocycles. The number of carbonyl (C=O) groups is 2. The molecule has 5 heteroatoms. The molecule has 0 radical (unpaired) electrons. The average molecular weight is 285 g/mol. The summed E-state index contributed by atoms with van der Waals surface area (Å²) < 4.78 is 0. The van der Waals surface area contributed by atoms with Crippen molar-refractivity contribution >= 4 is 17.5 Å². The predicted octanol–water partition coefficient (Wildman–Crippen LogP) is 1.58. The van der Waals surface area contributed by atoms with E-state index in [2.05, 4.69) is 6.92 Å². The van der Waals surface area contributed by atoms with Crippen LogP contribution in [0, 0.1) is 17.2 Å². The number of nitriles is 1. The van der Waals surface area contributed by atoms with E-state index < -0.39 is 0 Å². The number of hydrogen-bond donors (Lipinski definition) is 0. The monoisotopic (exact) mass is 285 g/mol. The molecule has 0 spiro atoms. The van der Waals surface area contributed by atoms with Crippen molar-refractivity contribution in [2.45, 2.75) is 20.3 Å². The first-order chi connectivity index (χ1) is 10.0. The Hall–Kier alpha value is -2.35. The fourth-order valence-electron chi connectivity index (χ4n) is 2.34. The van der Waals surface area contributed by atoms with Crippen molar-refractivity contribution in [2.24, 2.45) is 5.92 Å². The van der Waals surface area contributed by atoms with Crippen LogP contribution < -0.4 is 4.90 Å². The highest BCUT2D eigenvalue weighted by atomic mass is 16.2. The highest BCUT2D eigenvalue weighted by Gasteiger charge is 2.31. The van der Waals surface area contributed by atoms with Gasteiger partial charge in [0, 0.05) is 12.2 Å². The van der Waals surface area contributed by atoms with Gasteiger partial charge in [-0.15, -0.1) is 0 Å². The Balaban J connectivity index is 2.08. The van der Waals surface area contributed by atoms with Crippen LogP contribution in [0.2, 0.25) is 0 Å². The predicted molar refractivity (Wildman–Crippen MR) is 79.5 cm³/mol. The third kappa shape index (κ3) is 3.40. The molecule has 1 heterocycles. The highest BCUT2D eigenvalue weighted by molar-refractivity contribution is 6.02. The van der Waals surface area contributed by atoms with Crippen molar-refractivity contribution in [1.29, 1.82) is 5.26 Å². The Labute approximate surface area is 124 Å². The molecule has 1 aromatic carbocycles. The molecule has 1 aliphatic rings. The van der Waals surface area contributed by atoms with E-state index in [0.717, 1.165) is 12.1 Å². The van der Waals surface area contributed by atoms with E-state index in [1.165, 1.54) is 10.5 Å². The number of hydrogen-bond acceptors (Lipinski definition) is 4. The zero-order valence-corrected chi connectivity index (χ0v) is 12.4. The van der Waals surface area contributed by atoms with Crippen LogP contribution in [0.3, 0.4) is 0 Å². The Morgan fingerprint density at radius 1 is 1.19 bits per heavy atom. The summed E-state index contributed by atoms with van der Waals surface area (Å²) in [6.07, 6.45) is 0.956. The van der Waals surface area contributed by atoms with E-state index >= 15 is 0 Å². The fraction of sp³-hybridized carbons (Fsp3) is 0.438. The minimum Gasteiger partial charge on any atom is -0.353 e. The lowest BCUT2D eigenvalue weighted by Crippen LogP contribution is -2.55. The summed E-state index contributed by atoms with van der Waals surface area (Å²) in [5.74, 6) is -0.825. The Kier molecular flexibility index (Phi) is 4.59. The zero-order chi connectivity index (χ0) is 15.4. The van der Waals surface area contributed by atoms with Crippen molar-refractivity contribution in [3.05, 3.63) is 29.8 Å². The van der Waals surface area contributed by atoms with Crippen molar-refractivity contribution < 1.29 is 9.59 Å². The molecule has 2 rings (SSSR count). The van der Waals surface area contributed by atoms with E-state index in [1.807, 2.05) is 30.3 Å². The van der Waals surface area contributed by atoms with Crippen LogP contribution in [0.15, 0.2) is 24.3 Å². The number of anilines is 1. The molecule has 1 aliphatic heterocycles. The maximum atomic E-state index is 12.1. The molecule has 1 fully saturated rings. The maximum absolute atomic E-state index is 12.1. The van der Waals surface area contributed by atoms with Gasteiger partial charge in [0.2, 0.25) is 11.8 Å². The number of piperazine rings is 1. The third-order valence-electron chi connectivity index (χ3n) is 3.64. The molecular weight excluding hydrogens is 266 g/mol. The molecule has 1 unspecified atom stereocenters. The number of aryl methyl sites for hydroxylation is 1. The van der Waals surface area contributed by atoms with Crippen LogP contribution in [0.1, 0.15) is 19.4 Å². The normalized spacial score (nSPS) is 16.8. The van der Waals surface area contributed by atoms with Gasteiger partial charge in [-0.2, -0.15) is 5.26 Å². The maximum Gasteiger partial charge on any atom is 0.248 e. The first-order valence-corrected chi connectivity index (χ1v) is 7.11. The molecule has 0 aliphatic carbocycles. The second-order valence-corrected chi connectivity index (χ2v) is 5.30. The lowest BCUT2D eigenvalue weighted by molar-refractivity contribution is -0.145. The molecular formula is C16H19N3O2. The van der Waals surface area contributed by atoms with Gasteiger partial charge in [0.05, 0.1) is 25.1 Å². The van der Waals surface area contributed by atoms with Gasteiger partial charge in [-0.25, -0.2) is 0 Å². The molecule has 1 atom stereocenters. The van der Waals surface area contributed by atoms with E-state index in [0.29, 0.717) is 0 Å². The van der Waals surface area contributed by atoms with Gasteiger partial charge in [0.25, 0.3) is 0 Å². The lowest BCUT2D eigenvalue weighted by Gasteiger charge is -2.34. The second kappa shape index (κ2) is 6.40. The quantitative estimate of drug-likeness (QED) is 0.788. The summed E-state index contributed by atoms with van der Waals surface area (Å²) in [4.78, 5) is 27.2. The minimum atomic E-state index is -0.340. The van der Waals surface area contributed by atoms with E-state index in [1.54, 1.807) is 11.8 Å². The van der Waals surface area contributed by atoms with Crippen LogP contribution in [0.4, 0.5) is 5.69 Å². The largest absolute Gasteiger partial charge is 0.353 e. The van der Waals surface area contributed by atoms with Crippen molar-refractivity contribution in [3.8, 4) is 6.07 Å². The summed E-state index contributed by atoms with van der Waals surface area (Å²) >= 11 is 0. The smallest absolute Gasteiger partial charge is 0.248 e. The number of benzene rings is 1. The van der Waals surface area contributed by atoms with Crippen molar-refractivity contribution in [1.82, 2.24) is 4.90 Å². The highest BCUT2D eigenvalue weighted by Crippen LogP contribution is 2.19. The number of amides is 2. The van der Waals surface area contributed by atoms with Gasteiger partial charge in [0.15, 0.2) is 0 Å². The lowest BCUT2D eigenvalue weighted by atomic mass is 10.1. The van der Waals surface area contributed by atoms with Gasteiger partial charge >= 0.3 is 0 Å². The number of nitrogens with zero attached hydrogens (tertiary/aromatic N) is 3. The van der Waals surface area contributed by atoms with Gasteiger partial charge in [-0.1, -0.05) is 19.1 Å². The van der Waals surface area contributed by atoms with Gasteiger partial charge in [0.1, 0.15) is 0 Å². The van der Waals surface area contributed by atoms with E-state index in [4.69, 9.17) is 5.26 Å². The van der Waals surface area contributed by atoms with Crippen molar-refractivity contribution in [2.75, 3.05) is 24.5 Å². The Morgan fingerprint density at radius 2 is 1.76 bits per heavy atom. The molecule has 5 nitrogen and oxygen atoms in total. The summed E-state index contributed by atoms with van der Waals surface area (Å²) in [7, 11) is 0. The van der Waals surface area contributed by atoms with Crippen molar-refractivity contribution in [3.63, 3.8) is 0 Å². The first-order valence-electron chi connectivity index (χ1n) is 7.11. The van der Waals surface area contributed by atoms with Crippen LogP contribution in [-0.4, -0.2) is 36.3 Å². The molecule has 110 valence electrons. The van der Waals surface area contributed by atoms with Crippen LogP contribution in [0.5, 0.6) is 0 Å². The fourth-order valence-corrected chi connectivity index (χ4v) is 2.34. The second-order valence-electron chi connectivity index (χ2n) is 5.30. The summed E-state index contributed by atoms with van der Waals surface area (Å²) in [6.45, 7) is 4.31. The topological polar surface area (TPSA) is 64.4 Å². The Morgan fingerprint density at radius 3 is 2.24 bits per heavy atom. The van der Waals surface area contributed by atoms with Crippen LogP contribution >= 0.6 is 0 Å². The van der Waals surface area contributed by atoms with Gasteiger partial charge < -0.3 is 4.90 Å². The SMILES string of the molecule is CCc1ccc(N2CC(=O)N(CC(C)C#N)C(=O)C2)cc1. The molecule has 0 aromatic heterocycles. The third-order valence-corrected chi connectivity index (χ3v) is 3.64. The van der Waals surface area contributed by atoms with Crippen LogP contribution in [0.25, 0.3) is 0 Å². The average Bonchev–Trinajstić information content (AvgIpc) is 2.50. The molecule has 2 amide bonds. The summed E-state index contributed by atoms with van der Waals surface area (Å²) in [5, 5.41) is 8.81. The minimum absolute atomic E-state index is 0.176. The standard InChI is InChI=1S/C16H19N3O2/c1-3-13-4-6-14(7-5-13)18-10-15(20)19(16(21)11-18)9-12(2)8-17/h4-7,12H,3,9-11H2,1-2H3. The van der Waals surface area contributed by atoms with Gasteiger partial charge in [-0.05, 0) is 31.0 Å².